The molecular formula is C18H16Se. The minimum absolute atomic E-state index is 0.461. The van der Waals surface area contributed by atoms with Gasteiger partial charge >= 0.3 is 121 Å². The van der Waals surface area contributed by atoms with Crippen molar-refractivity contribution in [3.8, 4) is 0 Å². The van der Waals surface area contributed by atoms with Gasteiger partial charge in [0.1, 0.15) is 0 Å². The van der Waals surface area contributed by atoms with Gasteiger partial charge in [0.15, 0.2) is 0 Å². The molecule has 0 radical (unpaired) electrons. The van der Waals surface area contributed by atoms with Crippen molar-refractivity contribution >= 4 is 19.4 Å². The van der Waals surface area contributed by atoms with Crippen molar-refractivity contribution in [2.24, 2.45) is 0 Å². The van der Waals surface area contributed by atoms with Gasteiger partial charge in [0.25, 0.3) is 0 Å². The van der Waals surface area contributed by atoms with E-state index in [2.05, 4.69) is 79.7 Å². The average molecular weight is 311 g/mol. The molecule has 0 aromatic heterocycles. The Bertz CT molecular complexity index is 609. The number of benzene rings is 2. The van der Waals surface area contributed by atoms with Gasteiger partial charge in [-0.2, -0.15) is 0 Å². The molecule has 0 bridgehead atoms. The monoisotopic (exact) mass is 312 g/mol. The van der Waals surface area contributed by atoms with Crippen LogP contribution in [0.5, 0.6) is 0 Å². The Morgan fingerprint density at radius 1 is 0.842 bits per heavy atom. The van der Waals surface area contributed by atoms with E-state index in [1.165, 1.54) is 21.2 Å². The third kappa shape index (κ3) is 2.89. The standard InChI is InChI=1S/C18H16Se/c1-14-12-17(15-8-4-2-5-9-15)19-18(13-14)16-10-6-3-7-11-16/h2-13,17H,1H3. The van der Waals surface area contributed by atoms with E-state index >= 15 is 0 Å². The van der Waals surface area contributed by atoms with E-state index in [-0.39, 0.29) is 0 Å². The van der Waals surface area contributed by atoms with Crippen LogP contribution in [0.25, 0.3) is 4.47 Å². The molecule has 3 rings (SSSR count). The van der Waals surface area contributed by atoms with Gasteiger partial charge in [-0.05, 0) is 0 Å². The predicted octanol–water partition coefficient (Wildman–Crippen LogP) is 4.43. The molecule has 94 valence electrons. The first kappa shape index (κ1) is 12.5. The molecule has 1 aliphatic rings. The molecular weight excluding hydrogens is 295 g/mol. The molecule has 1 heterocycles. The Morgan fingerprint density at radius 3 is 2.16 bits per heavy atom. The minimum atomic E-state index is 0.461. The van der Waals surface area contributed by atoms with Crippen LogP contribution in [0.3, 0.4) is 0 Å². The summed E-state index contributed by atoms with van der Waals surface area (Å²) in [7, 11) is 0. The van der Waals surface area contributed by atoms with Crippen LogP contribution in [0.1, 0.15) is 22.9 Å². The summed E-state index contributed by atoms with van der Waals surface area (Å²) in [4.78, 5) is 0.564. The van der Waals surface area contributed by atoms with Gasteiger partial charge in [0.2, 0.25) is 0 Å². The zero-order valence-corrected chi connectivity index (χ0v) is 12.6. The van der Waals surface area contributed by atoms with Crippen molar-refractivity contribution < 1.29 is 0 Å². The molecule has 0 saturated heterocycles. The van der Waals surface area contributed by atoms with Gasteiger partial charge < -0.3 is 0 Å². The second kappa shape index (κ2) is 5.61. The van der Waals surface area contributed by atoms with Gasteiger partial charge in [0, 0.05) is 0 Å². The molecule has 0 N–H and O–H groups in total. The molecule has 1 atom stereocenters. The van der Waals surface area contributed by atoms with Crippen molar-refractivity contribution in [1.82, 2.24) is 0 Å². The average Bonchev–Trinajstić information content (AvgIpc) is 2.48. The molecule has 1 aliphatic heterocycles. The van der Waals surface area contributed by atoms with E-state index in [0.29, 0.717) is 19.8 Å². The summed E-state index contributed by atoms with van der Waals surface area (Å²) in [6.45, 7) is 2.20. The van der Waals surface area contributed by atoms with Crippen LogP contribution < -0.4 is 0 Å². The van der Waals surface area contributed by atoms with Crippen LogP contribution in [-0.2, 0) is 0 Å². The van der Waals surface area contributed by atoms with Crippen LogP contribution in [0.4, 0.5) is 0 Å². The SMILES string of the molecule is CC1=CC(c2ccccc2)[Se]C(c2ccccc2)=C1. The fraction of sp³-hybridized carbons (Fsp3) is 0.111. The molecule has 0 amide bonds. The molecule has 0 nitrogen and oxygen atoms in total. The fourth-order valence-electron chi connectivity index (χ4n) is 2.26. The van der Waals surface area contributed by atoms with Crippen molar-refractivity contribution in [1.29, 1.82) is 0 Å². The Morgan fingerprint density at radius 2 is 1.47 bits per heavy atom. The van der Waals surface area contributed by atoms with E-state index in [4.69, 9.17) is 0 Å². The van der Waals surface area contributed by atoms with Crippen LogP contribution in [0.2, 0.25) is 0 Å². The van der Waals surface area contributed by atoms with Crippen molar-refractivity contribution in [2.75, 3.05) is 0 Å². The summed E-state index contributed by atoms with van der Waals surface area (Å²) in [5.74, 6) is 0. The summed E-state index contributed by atoms with van der Waals surface area (Å²) >= 11 is 0.461. The van der Waals surface area contributed by atoms with Crippen molar-refractivity contribution in [2.45, 2.75) is 11.7 Å². The van der Waals surface area contributed by atoms with Gasteiger partial charge in [0.05, 0.1) is 0 Å². The van der Waals surface area contributed by atoms with Gasteiger partial charge in [-0.15, -0.1) is 0 Å². The molecule has 2 aromatic carbocycles. The third-order valence-corrected chi connectivity index (χ3v) is 5.88. The van der Waals surface area contributed by atoms with Crippen molar-refractivity contribution in [3.05, 3.63) is 89.5 Å². The Balaban J connectivity index is 1.92. The number of hydrogen-bond acceptors (Lipinski definition) is 0. The molecule has 1 heteroatoms. The third-order valence-electron chi connectivity index (χ3n) is 3.21. The summed E-state index contributed by atoms with van der Waals surface area (Å²) in [5, 5.41) is 0. The van der Waals surface area contributed by atoms with Crippen LogP contribution >= 0.6 is 0 Å². The molecule has 0 fully saturated rings. The molecule has 2 aromatic rings. The Hall–Kier alpha value is -1.56. The second-order valence-corrected chi connectivity index (χ2v) is 7.22. The maximum absolute atomic E-state index is 2.40. The number of allylic oxidation sites excluding steroid dienone is 3. The van der Waals surface area contributed by atoms with Gasteiger partial charge in [-0.1, -0.05) is 0 Å². The summed E-state index contributed by atoms with van der Waals surface area (Å²) in [6.07, 6.45) is 4.75. The molecule has 0 saturated carbocycles. The molecule has 19 heavy (non-hydrogen) atoms. The second-order valence-electron chi connectivity index (χ2n) is 4.73. The van der Waals surface area contributed by atoms with E-state index in [1.54, 1.807) is 0 Å². The maximum atomic E-state index is 2.40. The zero-order chi connectivity index (χ0) is 13.1. The van der Waals surface area contributed by atoms with Crippen LogP contribution in [0, 0.1) is 0 Å². The quantitative estimate of drug-likeness (QED) is 0.720. The molecule has 1 unspecified atom stereocenters. The first-order valence-corrected chi connectivity index (χ1v) is 8.34. The van der Waals surface area contributed by atoms with Crippen LogP contribution in [0.15, 0.2) is 78.4 Å². The summed E-state index contributed by atoms with van der Waals surface area (Å²) in [6, 6.07) is 21.6. The fourth-order valence-corrected chi connectivity index (χ4v) is 5.15. The number of rotatable bonds is 2. The van der Waals surface area contributed by atoms with E-state index < -0.39 is 0 Å². The van der Waals surface area contributed by atoms with E-state index in [9.17, 15) is 0 Å². The first-order chi connectivity index (χ1) is 9.33. The van der Waals surface area contributed by atoms with E-state index in [0.717, 1.165) is 0 Å². The van der Waals surface area contributed by atoms with Gasteiger partial charge in [-0.3, -0.25) is 0 Å². The molecule has 0 spiro atoms. The summed E-state index contributed by atoms with van der Waals surface area (Å²) < 4.78 is 1.50. The Labute approximate surface area is 121 Å². The zero-order valence-electron chi connectivity index (χ0n) is 10.9. The van der Waals surface area contributed by atoms with Crippen molar-refractivity contribution in [3.63, 3.8) is 0 Å². The predicted molar refractivity (Wildman–Crippen MR) is 83.1 cm³/mol. The Kier molecular flexibility index (Phi) is 3.68. The molecule has 0 aliphatic carbocycles. The van der Waals surface area contributed by atoms with Gasteiger partial charge in [-0.25, -0.2) is 0 Å². The number of hydrogen-bond donors (Lipinski definition) is 0. The first-order valence-electron chi connectivity index (χ1n) is 6.50. The summed E-state index contributed by atoms with van der Waals surface area (Å²) in [5.41, 5.74) is 4.18. The normalized spacial score (nSPS) is 18.7. The topological polar surface area (TPSA) is 0 Å². The van der Waals surface area contributed by atoms with E-state index in [1.807, 2.05) is 0 Å². The van der Waals surface area contributed by atoms with Crippen LogP contribution in [-0.4, -0.2) is 15.0 Å².